The van der Waals surface area contributed by atoms with Gasteiger partial charge in [0.25, 0.3) is 5.69 Å². The lowest BCUT2D eigenvalue weighted by molar-refractivity contribution is -0.384. The molecule has 7 heteroatoms. The number of nitro benzene ring substituents is 1. The Balaban J connectivity index is 1.61. The van der Waals surface area contributed by atoms with E-state index in [2.05, 4.69) is 15.9 Å². The van der Waals surface area contributed by atoms with Crippen LogP contribution in [0.4, 0.5) is 5.69 Å². The van der Waals surface area contributed by atoms with Crippen molar-refractivity contribution >= 4 is 39.4 Å². The van der Waals surface area contributed by atoms with Gasteiger partial charge in [-0.15, -0.1) is 0 Å². The smallest absolute Gasteiger partial charge is 0.343 e. The standard InChI is InChI=1S/C22H14BrNO5/c1-13-2-4-14(5-3-13)21-11-15(22(25)29-21)10-17-7-9-20(28-17)18-8-6-16(24(26)27)12-19(18)23/h2-12H,1H3. The van der Waals surface area contributed by atoms with Crippen molar-refractivity contribution < 1.29 is 18.9 Å². The number of benzene rings is 2. The highest BCUT2D eigenvalue weighted by Gasteiger charge is 2.22. The van der Waals surface area contributed by atoms with Crippen LogP contribution in [0.15, 0.2) is 75.1 Å². The van der Waals surface area contributed by atoms with Crippen molar-refractivity contribution in [3.8, 4) is 11.3 Å². The predicted molar refractivity (Wildman–Crippen MR) is 112 cm³/mol. The van der Waals surface area contributed by atoms with Crippen LogP contribution >= 0.6 is 15.9 Å². The van der Waals surface area contributed by atoms with Crippen LogP contribution in [0.25, 0.3) is 23.2 Å². The van der Waals surface area contributed by atoms with E-state index in [1.54, 1.807) is 30.4 Å². The fraction of sp³-hybridized carbons (Fsp3) is 0.0455. The molecule has 0 unspecified atom stereocenters. The molecule has 3 aromatic rings. The second-order valence-corrected chi connectivity index (χ2v) is 7.34. The molecule has 0 aliphatic carbocycles. The number of non-ortho nitro benzene ring substituents is 1. The summed E-state index contributed by atoms with van der Waals surface area (Å²) in [6.45, 7) is 1.99. The minimum Gasteiger partial charge on any atom is -0.457 e. The summed E-state index contributed by atoms with van der Waals surface area (Å²) in [5, 5.41) is 10.9. The molecule has 0 saturated carbocycles. The third-order valence-electron chi connectivity index (χ3n) is 4.41. The highest BCUT2D eigenvalue weighted by molar-refractivity contribution is 9.10. The fourth-order valence-corrected chi connectivity index (χ4v) is 3.46. The number of aryl methyl sites for hydroxylation is 1. The summed E-state index contributed by atoms with van der Waals surface area (Å²) in [5.74, 6) is 1.03. The summed E-state index contributed by atoms with van der Waals surface area (Å²) in [7, 11) is 0. The highest BCUT2D eigenvalue weighted by atomic mass is 79.9. The first-order valence-corrected chi connectivity index (χ1v) is 9.47. The Kier molecular flexibility index (Phi) is 4.90. The second-order valence-electron chi connectivity index (χ2n) is 6.49. The van der Waals surface area contributed by atoms with E-state index in [-0.39, 0.29) is 5.69 Å². The molecule has 1 aliphatic rings. The Hall–Kier alpha value is -3.45. The van der Waals surface area contributed by atoms with Crippen LogP contribution in [0, 0.1) is 17.0 Å². The maximum atomic E-state index is 12.2. The van der Waals surface area contributed by atoms with Crippen molar-refractivity contribution in [1.29, 1.82) is 0 Å². The molecular weight excluding hydrogens is 438 g/mol. The first-order valence-electron chi connectivity index (χ1n) is 8.67. The Morgan fingerprint density at radius 1 is 1.07 bits per heavy atom. The van der Waals surface area contributed by atoms with Crippen molar-refractivity contribution in [3.63, 3.8) is 0 Å². The van der Waals surface area contributed by atoms with E-state index >= 15 is 0 Å². The minimum absolute atomic E-state index is 0.0167. The molecule has 144 valence electrons. The number of nitro groups is 1. The molecular formula is C22H14BrNO5. The van der Waals surface area contributed by atoms with Gasteiger partial charge in [0.1, 0.15) is 17.3 Å². The Morgan fingerprint density at radius 3 is 2.52 bits per heavy atom. The third-order valence-corrected chi connectivity index (χ3v) is 5.07. The number of nitrogens with zero attached hydrogens (tertiary/aromatic N) is 1. The maximum Gasteiger partial charge on any atom is 0.343 e. The van der Waals surface area contributed by atoms with Crippen LogP contribution in [0.1, 0.15) is 16.9 Å². The number of furan rings is 1. The number of esters is 1. The molecule has 0 spiro atoms. The number of halogens is 1. The predicted octanol–water partition coefficient (Wildman–Crippen LogP) is 5.91. The van der Waals surface area contributed by atoms with E-state index < -0.39 is 10.9 Å². The van der Waals surface area contributed by atoms with E-state index in [0.29, 0.717) is 32.9 Å². The highest BCUT2D eigenvalue weighted by Crippen LogP contribution is 2.34. The molecule has 0 bridgehead atoms. The van der Waals surface area contributed by atoms with Gasteiger partial charge in [0.15, 0.2) is 0 Å². The normalized spacial score (nSPS) is 14.8. The van der Waals surface area contributed by atoms with Gasteiger partial charge < -0.3 is 9.15 Å². The number of carbonyl (C=O) groups is 1. The molecule has 6 nitrogen and oxygen atoms in total. The van der Waals surface area contributed by atoms with Gasteiger partial charge in [0.05, 0.1) is 10.5 Å². The monoisotopic (exact) mass is 451 g/mol. The molecule has 1 aliphatic heterocycles. The molecule has 29 heavy (non-hydrogen) atoms. The summed E-state index contributed by atoms with van der Waals surface area (Å²) in [4.78, 5) is 22.6. The summed E-state index contributed by atoms with van der Waals surface area (Å²) < 4.78 is 11.7. The Morgan fingerprint density at radius 2 is 1.83 bits per heavy atom. The van der Waals surface area contributed by atoms with E-state index in [0.717, 1.165) is 11.1 Å². The molecule has 1 aromatic heterocycles. The molecule has 0 saturated heterocycles. The first kappa shape index (κ1) is 18.9. The number of hydrogen-bond donors (Lipinski definition) is 0. The van der Waals surface area contributed by atoms with Crippen LogP contribution in [-0.2, 0) is 9.53 Å². The molecule has 0 radical (unpaired) electrons. The quantitative estimate of drug-likeness (QED) is 0.213. The Bertz CT molecular complexity index is 1190. The van der Waals surface area contributed by atoms with Gasteiger partial charge in [0, 0.05) is 27.7 Å². The zero-order chi connectivity index (χ0) is 20.5. The molecule has 0 amide bonds. The van der Waals surface area contributed by atoms with Gasteiger partial charge in [0.2, 0.25) is 0 Å². The average molecular weight is 452 g/mol. The lowest BCUT2D eigenvalue weighted by atomic mass is 10.1. The number of carbonyl (C=O) groups excluding carboxylic acids is 1. The zero-order valence-corrected chi connectivity index (χ0v) is 16.8. The van der Waals surface area contributed by atoms with Gasteiger partial charge in [-0.05, 0) is 53.2 Å². The van der Waals surface area contributed by atoms with Crippen LogP contribution < -0.4 is 0 Å². The summed E-state index contributed by atoms with van der Waals surface area (Å²) in [5.41, 5.74) is 2.98. The number of ether oxygens (including phenoxy) is 1. The lowest BCUT2D eigenvalue weighted by Crippen LogP contribution is -1.96. The number of hydrogen-bond acceptors (Lipinski definition) is 5. The topological polar surface area (TPSA) is 82.6 Å². The van der Waals surface area contributed by atoms with Gasteiger partial charge in [-0.25, -0.2) is 4.79 Å². The molecule has 2 aromatic carbocycles. The minimum atomic E-state index is -0.462. The lowest BCUT2D eigenvalue weighted by Gasteiger charge is -2.01. The van der Waals surface area contributed by atoms with Crippen LogP contribution in [-0.4, -0.2) is 10.9 Å². The fourth-order valence-electron chi connectivity index (χ4n) is 2.89. The van der Waals surface area contributed by atoms with Crippen LogP contribution in [0.3, 0.4) is 0 Å². The zero-order valence-electron chi connectivity index (χ0n) is 15.2. The maximum absolute atomic E-state index is 12.2. The number of rotatable bonds is 4. The van der Waals surface area contributed by atoms with Gasteiger partial charge in [-0.3, -0.25) is 10.1 Å². The third kappa shape index (κ3) is 3.90. The summed E-state index contributed by atoms with van der Waals surface area (Å²) >= 11 is 3.33. The van der Waals surface area contributed by atoms with E-state index in [1.165, 1.54) is 12.1 Å². The first-order chi connectivity index (χ1) is 13.9. The molecule has 0 atom stereocenters. The molecule has 2 heterocycles. The average Bonchev–Trinajstić information content (AvgIpc) is 3.29. The van der Waals surface area contributed by atoms with Crippen LogP contribution in [0.2, 0.25) is 0 Å². The SMILES string of the molecule is Cc1ccc(C2=CC(=Cc3ccc(-c4ccc([N+](=O)[O-])cc4Br)o3)C(=O)O2)cc1. The van der Waals surface area contributed by atoms with Crippen molar-refractivity contribution in [1.82, 2.24) is 0 Å². The number of cyclic esters (lactones) is 1. The van der Waals surface area contributed by atoms with E-state index in [4.69, 9.17) is 9.15 Å². The van der Waals surface area contributed by atoms with E-state index in [9.17, 15) is 14.9 Å². The van der Waals surface area contributed by atoms with Crippen molar-refractivity contribution in [2.75, 3.05) is 0 Å². The second kappa shape index (κ2) is 7.52. The summed E-state index contributed by atoms with van der Waals surface area (Å²) in [6.07, 6.45) is 3.28. The van der Waals surface area contributed by atoms with Crippen molar-refractivity contribution in [3.05, 3.63) is 97.7 Å². The largest absolute Gasteiger partial charge is 0.457 e. The Labute approximate surface area is 174 Å². The molecule has 0 fully saturated rings. The van der Waals surface area contributed by atoms with Crippen molar-refractivity contribution in [2.45, 2.75) is 6.92 Å². The summed E-state index contributed by atoms with van der Waals surface area (Å²) in [6, 6.07) is 15.6. The van der Waals surface area contributed by atoms with Gasteiger partial charge in [-0.2, -0.15) is 0 Å². The molecule has 4 rings (SSSR count). The van der Waals surface area contributed by atoms with Gasteiger partial charge in [-0.1, -0.05) is 29.8 Å². The van der Waals surface area contributed by atoms with Gasteiger partial charge >= 0.3 is 5.97 Å². The molecule has 0 N–H and O–H groups in total. The van der Waals surface area contributed by atoms with Crippen LogP contribution in [0.5, 0.6) is 0 Å². The van der Waals surface area contributed by atoms with E-state index in [1.807, 2.05) is 31.2 Å². The van der Waals surface area contributed by atoms with Crippen molar-refractivity contribution in [2.24, 2.45) is 0 Å².